The number of carbonyl (C=O) groups excluding carboxylic acids is 1. The topological polar surface area (TPSA) is 49.3 Å². The Hall–Kier alpha value is -1.77. The van der Waals surface area contributed by atoms with Gasteiger partial charge in [0, 0.05) is 0 Å². The molecule has 118 valence electrons. The highest BCUT2D eigenvalue weighted by Gasteiger charge is 2.47. The number of carbonyl (C=O) groups is 1. The van der Waals surface area contributed by atoms with E-state index in [2.05, 4.69) is 12.2 Å². The lowest BCUT2D eigenvalue weighted by atomic mass is 9.75. The summed E-state index contributed by atoms with van der Waals surface area (Å²) in [6.07, 6.45) is 5.01. The standard InChI is InChI=1S/C19H25NO2/c1-4-14-7-9-19(10-8-14)17(21)16(18(22)20-19)15-11-12(2)5-6-13(15)3/h5-6,11,14,21H,4,7-10H2,1-3H3,(H,20,22)/t14-,19+. The summed E-state index contributed by atoms with van der Waals surface area (Å²) in [5.41, 5.74) is 2.96. The van der Waals surface area contributed by atoms with Gasteiger partial charge in [-0.25, -0.2) is 0 Å². The molecule has 0 atom stereocenters. The van der Waals surface area contributed by atoms with Crippen LogP contribution in [0.3, 0.4) is 0 Å². The molecule has 3 nitrogen and oxygen atoms in total. The van der Waals surface area contributed by atoms with Crippen LogP contribution in [0.25, 0.3) is 5.57 Å². The number of aliphatic hydroxyl groups is 1. The average molecular weight is 299 g/mol. The monoisotopic (exact) mass is 299 g/mol. The molecule has 22 heavy (non-hydrogen) atoms. The predicted molar refractivity (Wildman–Crippen MR) is 88.6 cm³/mol. The van der Waals surface area contributed by atoms with Crippen LogP contribution in [-0.4, -0.2) is 16.6 Å². The van der Waals surface area contributed by atoms with E-state index in [1.165, 1.54) is 6.42 Å². The number of nitrogens with one attached hydrogen (secondary N) is 1. The van der Waals surface area contributed by atoms with Gasteiger partial charge in [0.05, 0.1) is 11.1 Å². The minimum atomic E-state index is -0.520. The Balaban J connectivity index is 2.00. The van der Waals surface area contributed by atoms with Gasteiger partial charge in [-0.15, -0.1) is 0 Å². The van der Waals surface area contributed by atoms with Crippen molar-refractivity contribution in [3.8, 4) is 0 Å². The molecule has 0 bridgehead atoms. The molecule has 1 amide bonds. The molecule has 0 aromatic heterocycles. The van der Waals surface area contributed by atoms with Gasteiger partial charge in [-0.05, 0) is 56.6 Å². The third-order valence-corrected chi connectivity index (χ3v) is 5.47. The quantitative estimate of drug-likeness (QED) is 0.866. The van der Waals surface area contributed by atoms with E-state index in [1.807, 2.05) is 32.0 Å². The summed E-state index contributed by atoms with van der Waals surface area (Å²) in [6.45, 7) is 6.21. The molecule has 0 saturated heterocycles. The maximum absolute atomic E-state index is 12.5. The maximum Gasteiger partial charge on any atom is 0.256 e. The highest BCUT2D eigenvalue weighted by atomic mass is 16.3. The van der Waals surface area contributed by atoms with E-state index in [-0.39, 0.29) is 11.7 Å². The second-order valence-electron chi connectivity index (χ2n) is 6.93. The van der Waals surface area contributed by atoms with Crippen LogP contribution in [0.5, 0.6) is 0 Å². The molecule has 3 rings (SSSR count). The number of hydrogen-bond donors (Lipinski definition) is 2. The lowest BCUT2D eigenvalue weighted by Gasteiger charge is -2.36. The van der Waals surface area contributed by atoms with Gasteiger partial charge in [0.15, 0.2) is 0 Å². The van der Waals surface area contributed by atoms with Crippen LogP contribution >= 0.6 is 0 Å². The highest BCUT2D eigenvalue weighted by Crippen LogP contribution is 2.43. The Morgan fingerprint density at radius 3 is 2.59 bits per heavy atom. The summed E-state index contributed by atoms with van der Waals surface area (Å²) in [6, 6.07) is 6.04. The molecule has 1 aromatic carbocycles. The van der Waals surface area contributed by atoms with Crippen molar-refractivity contribution in [1.82, 2.24) is 5.32 Å². The zero-order valence-corrected chi connectivity index (χ0v) is 13.7. The van der Waals surface area contributed by atoms with Crippen molar-refractivity contribution in [3.63, 3.8) is 0 Å². The van der Waals surface area contributed by atoms with Crippen LogP contribution in [0.2, 0.25) is 0 Å². The smallest absolute Gasteiger partial charge is 0.256 e. The molecule has 1 saturated carbocycles. The normalized spacial score (nSPS) is 28.3. The third-order valence-electron chi connectivity index (χ3n) is 5.47. The first-order valence-electron chi connectivity index (χ1n) is 8.30. The second kappa shape index (κ2) is 5.45. The van der Waals surface area contributed by atoms with Gasteiger partial charge < -0.3 is 10.4 Å². The number of hydrogen-bond acceptors (Lipinski definition) is 2. The number of aryl methyl sites for hydroxylation is 2. The lowest BCUT2D eigenvalue weighted by Crippen LogP contribution is -2.47. The molecule has 1 heterocycles. The van der Waals surface area contributed by atoms with Crippen molar-refractivity contribution < 1.29 is 9.90 Å². The van der Waals surface area contributed by atoms with Crippen molar-refractivity contribution in [1.29, 1.82) is 0 Å². The molecule has 0 unspecified atom stereocenters. The molecule has 0 radical (unpaired) electrons. The van der Waals surface area contributed by atoms with Crippen molar-refractivity contribution >= 4 is 11.5 Å². The minimum absolute atomic E-state index is 0.124. The summed E-state index contributed by atoms with van der Waals surface area (Å²) in [5, 5.41) is 14.0. The highest BCUT2D eigenvalue weighted by molar-refractivity contribution is 6.23. The Bertz CT molecular complexity index is 637. The van der Waals surface area contributed by atoms with Crippen LogP contribution < -0.4 is 5.32 Å². The maximum atomic E-state index is 12.5. The number of rotatable bonds is 2. The summed E-state index contributed by atoms with van der Waals surface area (Å²) in [7, 11) is 0. The largest absolute Gasteiger partial charge is 0.509 e. The Morgan fingerprint density at radius 2 is 1.95 bits per heavy atom. The molecule has 2 aliphatic rings. The van der Waals surface area contributed by atoms with Crippen molar-refractivity contribution in [2.24, 2.45) is 5.92 Å². The average Bonchev–Trinajstić information content (AvgIpc) is 2.74. The van der Waals surface area contributed by atoms with Gasteiger partial charge in [0.1, 0.15) is 5.76 Å². The summed E-state index contributed by atoms with van der Waals surface area (Å²) >= 11 is 0. The van der Waals surface area contributed by atoms with Crippen molar-refractivity contribution in [3.05, 3.63) is 40.6 Å². The van der Waals surface area contributed by atoms with Crippen LogP contribution in [0.1, 0.15) is 55.7 Å². The van der Waals surface area contributed by atoms with E-state index >= 15 is 0 Å². The van der Waals surface area contributed by atoms with Crippen LogP contribution in [0, 0.1) is 19.8 Å². The van der Waals surface area contributed by atoms with Crippen molar-refractivity contribution in [2.45, 2.75) is 58.4 Å². The Labute approximate surface area is 132 Å². The van der Waals surface area contributed by atoms with Gasteiger partial charge >= 0.3 is 0 Å². The van der Waals surface area contributed by atoms with E-state index in [4.69, 9.17) is 0 Å². The molecule has 1 aliphatic carbocycles. The molecular formula is C19H25NO2. The fourth-order valence-electron chi connectivity index (χ4n) is 3.88. The molecular weight excluding hydrogens is 274 g/mol. The van der Waals surface area contributed by atoms with E-state index in [0.29, 0.717) is 5.57 Å². The van der Waals surface area contributed by atoms with Gasteiger partial charge in [-0.1, -0.05) is 37.1 Å². The Morgan fingerprint density at radius 1 is 1.27 bits per heavy atom. The Kier molecular flexibility index (Phi) is 3.75. The fraction of sp³-hybridized carbons (Fsp3) is 0.526. The van der Waals surface area contributed by atoms with Crippen LogP contribution in [0.4, 0.5) is 0 Å². The van der Waals surface area contributed by atoms with Gasteiger partial charge in [0.2, 0.25) is 0 Å². The zero-order chi connectivity index (χ0) is 15.9. The zero-order valence-electron chi connectivity index (χ0n) is 13.7. The second-order valence-corrected chi connectivity index (χ2v) is 6.93. The van der Waals surface area contributed by atoms with E-state index < -0.39 is 5.54 Å². The molecule has 1 fully saturated rings. The predicted octanol–water partition coefficient (Wildman–Crippen LogP) is 4.04. The molecule has 3 heteroatoms. The van der Waals surface area contributed by atoms with E-state index in [1.54, 1.807) is 0 Å². The SMILES string of the molecule is CC[C@H]1CC[C@]2(CC1)NC(=O)C(c1cc(C)ccc1C)=C2O. The summed E-state index contributed by atoms with van der Waals surface area (Å²) in [4.78, 5) is 12.5. The van der Waals surface area contributed by atoms with E-state index in [9.17, 15) is 9.90 Å². The van der Waals surface area contributed by atoms with Crippen molar-refractivity contribution in [2.75, 3.05) is 0 Å². The molecule has 1 aromatic rings. The first-order valence-corrected chi connectivity index (χ1v) is 8.30. The molecule has 2 N–H and O–H groups in total. The van der Waals surface area contributed by atoms with Gasteiger partial charge in [-0.3, -0.25) is 4.79 Å². The fourth-order valence-corrected chi connectivity index (χ4v) is 3.88. The summed E-state index contributed by atoms with van der Waals surface area (Å²) < 4.78 is 0. The lowest BCUT2D eigenvalue weighted by molar-refractivity contribution is -0.116. The first kappa shape index (κ1) is 15.1. The summed E-state index contributed by atoms with van der Waals surface area (Å²) in [5.74, 6) is 0.863. The van der Waals surface area contributed by atoms with Gasteiger partial charge in [0.25, 0.3) is 5.91 Å². The first-order chi connectivity index (χ1) is 10.5. The van der Waals surface area contributed by atoms with Crippen LogP contribution in [0.15, 0.2) is 24.0 Å². The van der Waals surface area contributed by atoms with E-state index in [0.717, 1.165) is 48.3 Å². The molecule has 1 aliphatic heterocycles. The molecule has 1 spiro atoms. The van der Waals surface area contributed by atoms with Crippen LogP contribution in [-0.2, 0) is 4.79 Å². The number of aliphatic hydroxyl groups excluding tert-OH is 1. The third kappa shape index (κ3) is 2.33. The van der Waals surface area contributed by atoms with Gasteiger partial charge in [-0.2, -0.15) is 0 Å². The minimum Gasteiger partial charge on any atom is -0.509 e. The number of benzene rings is 1. The number of amides is 1.